The third-order valence-electron chi connectivity index (χ3n) is 3.39. The molecule has 16 heavy (non-hydrogen) atoms. The molecule has 1 heterocycles. The summed E-state index contributed by atoms with van der Waals surface area (Å²) in [6.07, 6.45) is 6.94. The van der Waals surface area contributed by atoms with Crippen LogP contribution in [0.25, 0.3) is 0 Å². The number of hydrogen-bond acceptors (Lipinski definition) is 1. The Morgan fingerprint density at radius 3 is 2.69 bits per heavy atom. The van der Waals surface area contributed by atoms with Crippen molar-refractivity contribution in [3.63, 3.8) is 0 Å². The maximum Gasteiger partial charge on any atom is 0.0544 e. The maximum absolute atomic E-state index is 3.79. The Kier molecular flexibility index (Phi) is 2.34. The third kappa shape index (κ3) is 1.36. The van der Waals surface area contributed by atoms with Crippen LogP contribution in [0.2, 0.25) is 0 Å². The van der Waals surface area contributed by atoms with Crippen LogP contribution in [-0.4, -0.2) is 5.25 Å². The number of halogens is 1. The molecule has 3 rings (SSSR count). The predicted octanol–water partition coefficient (Wildman–Crippen LogP) is 4.87. The third-order valence-corrected chi connectivity index (χ3v) is 5.53. The van der Waals surface area contributed by atoms with Crippen molar-refractivity contribution in [3.8, 4) is 0 Å². The zero-order chi connectivity index (χ0) is 11.4. The van der Waals surface area contributed by atoms with Crippen molar-refractivity contribution in [2.45, 2.75) is 26.0 Å². The first-order valence-corrected chi connectivity index (χ1v) is 7.12. The van der Waals surface area contributed by atoms with Gasteiger partial charge in [0.1, 0.15) is 0 Å². The molecule has 0 saturated heterocycles. The summed E-state index contributed by atoms with van der Waals surface area (Å²) < 4.78 is 1.30. The minimum atomic E-state index is 0.517. The van der Waals surface area contributed by atoms with Crippen molar-refractivity contribution in [1.82, 2.24) is 0 Å². The summed E-state index contributed by atoms with van der Waals surface area (Å²) in [4.78, 5) is 1.45. The standard InChI is InChI=1S/C14H13BrS/c1-7-4-10-6-12-13(8(2)9(3)16-12)14(15)11(10)5-7/h4-6,12H,1-3H3. The van der Waals surface area contributed by atoms with Crippen molar-refractivity contribution in [2.24, 2.45) is 0 Å². The smallest absolute Gasteiger partial charge is 0.0544 e. The van der Waals surface area contributed by atoms with Crippen LogP contribution >= 0.6 is 27.7 Å². The van der Waals surface area contributed by atoms with Gasteiger partial charge in [-0.1, -0.05) is 18.2 Å². The van der Waals surface area contributed by atoms with Crippen LogP contribution in [0.15, 0.2) is 55.5 Å². The van der Waals surface area contributed by atoms with Gasteiger partial charge < -0.3 is 0 Å². The second kappa shape index (κ2) is 3.51. The van der Waals surface area contributed by atoms with Crippen LogP contribution in [-0.2, 0) is 0 Å². The van der Waals surface area contributed by atoms with Crippen molar-refractivity contribution in [1.29, 1.82) is 0 Å². The highest BCUT2D eigenvalue weighted by Gasteiger charge is 2.32. The normalized spacial score (nSPS) is 27.8. The fraction of sp³-hybridized carbons (Fsp3) is 0.286. The van der Waals surface area contributed by atoms with Gasteiger partial charge in [-0.15, -0.1) is 11.8 Å². The molecule has 0 radical (unpaired) electrons. The highest BCUT2D eigenvalue weighted by molar-refractivity contribution is 9.12. The van der Waals surface area contributed by atoms with Crippen molar-refractivity contribution in [2.75, 3.05) is 0 Å². The zero-order valence-corrected chi connectivity index (χ0v) is 12.0. The number of allylic oxidation sites excluding steroid dienone is 8. The van der Waals surface area contributed by atoms with E-state index in [0.29, 0.717) is 5.25 Å². The minimum absolute atomic E-state index is 0.517. The number of fused-ring (bicyclic) bond motifs is 2. The molecule has 0 nitrogen and oxygen atoms in total. The van der Waals surface area contributed by atoms with Crippen LogP contribution in [0.4, 0.5) is 0 Å². The maximum atomic E-state index is 3.79. The summed E-state index contributed by atoms with van der Waals surface area (Å²) in [6.45, 7) is 6.61. The Labute approximate surface area is 109 Å². The van der Waals surface area contributed by atoms with Crippen LogP contribution < -0.4 is 0 Å². The number of thioether (sulfide) groups is 1. The molecule has 2 aliphatic carbocycles. The highest BCUT2D eigenvalue weighted by Crippen LogP contribution is 2.51. The van der Waals surface area contributed by atoms with Crippen molar-refractivity contribution >= 4 is 27.7 Å². The van der Waals surface area contributed by atoms with Crippen LogP contribution in [0, 0.1) is 0 Å². The second-order valence-corrected chi connectivity index (χ2v) is 6.66. The molecular formula is C14H13BrS. The van der Waals surface area contributed by atoms with E-state index in [2.05, 4.69) is 54.9 Å². The number of hydrogen-bond donors (Lipinski definition) is 0. The molecule has 0 bridgehead atoms. The highest BCUT2D eigenvalue weighted by atomic mass is 79.9. The van der Waals surface area contributed by atoms with Gasteiger partial charge in [-0.2, -0.15) is 0 Å². The molecule has 0 amide bonds. The van der Waals surface area contributed by atoms with Gasteiger partial charge in [0.15, 0.2) is 0 Å². The van der Waals surface area contributed by atoms with E-state index < -0.39 is 0 Å². The summed E-state index contributed by atoms with van der Waals surface area (Å²) in [7, 11) is 0. The van der Waals surface area contributed by atoms with E-state index in [4.69, 9.17) is 0 Å². The van der Waals surface area contributed by atoms with Crippen LogP contribution in [0.1, 0.15) is 20.8 Å². The zero-order valence-electron chi connectivity index (χ0n) is 9.60. The Hall–Kier alpha value is -0.470. The largest absolute Gasteiger partial charge is 0.118 e. The SMILES string of the molecule is CC1=CC2=CC3SC(C)=C(C)C3=C(Br)C2=C1. The lowest BCUT2D eigenvalue weighted by Crippen LogP contribution is -2.08. The molecule has 0 spiro atoms. The average molecular weight is 293 g/mol. The first kappa shape index (κ1) is 10.7. The summed E-state index contributed by atoms with van der Waals surface area (Å²) in [5.74, 6) is 0. The monoisotopic (exact) mass is 292 g/mol. The first-order chi connectivity index (χ1) is 7.58. The second-order valence-electron chi connectivity index (χ2n) is 4.52. The molecular weight excluding hydrogens is 280 g/mol. The summed E-state index contributed by atoms with van der Waals surface area (Å²) >= 11 is 5.76. The van der Waals surface area contributed by atoms with Crippen LogP contribution in [0.5, 0.6) is 0 Å². The van der Waals surface area contributed by atoms with Gasteiger partial charge in [-0.25, -0.2) is 0 Å². The minimum Gasteiger partial charge on any atom is -0.118 e. The molecule has 1 atom stereocenters. The topological polar surface area (TPSA) is 0 Å². The Bertz CT molecular complexity index is 541. The molecule has 3 aliphatic rings. The molecule has 0 aromatic carbocycles. The first-order valence-electron chi connectivity index (χ1n) is 5.44. The Morgan fingerprint density at radius 2 is 1.94 bits per heavy atom. The fourth-order valence-corrected chi connectivity index (χ4v) is 4.79. The Balaban J connectivity index is 2.18. The van der Waals surface area contributed by atoms with E-state index in [-0.39, 0.29) is 0 Å². The van der Waals surface area contributed by atoms with Gasteiger partial charge in [-0.05, 0) is 69.5 Å². The van der Waals surface area contributed by atoms with Crippen LogP contribution in [0.3, 0.4) is 0 Å². The van der Waals surface area contributed by atoms with E-state index in [1.165, 1.54) is 37.3 Å². The summed E-state index contributed by atoms with van der Waals surface area (Å²) in [6, 6.07) is 0. The molecule has 0 N–H and O–H groups in total. The van der Waals surface area contributed by atoms with E-state index in [9.17, 15) is 0 Å². The van der Waals surface area contributed by atoms with Crippen molar-refractivity contribution < 1.29 is 0 Å². The van der Waals surface area contributed by atoms with E-state index >= 15 is 0 Å². The lowest BCUT2D eigenvalue weighted by molar-refractivity contribution is 1.19. The van der Waals surface area contributed by atoms with E-state index in [1.54, 1.807) is 0 Å². The molecule has 1 aliphatic heterocycles. The fourth-order valence-electron chi connectivity index (χ4n) is 2.46. The van der Waals surface area contributed by atoms with Gasteiger partial charge in [0.2, 0.25) is 0 Å². The molecule has 0 aromatic rings. The average Bonchev–Trinajstić information content (AvgIpc) is 2.70. The number of rotatable bonds is 0. The lowest BCUT2D eigenvalue weighted by Gasteiger charge is -2.20. The Morgan fingerprint density at radius 1 is 1.19 bits per heavy atom. The summed E-state index contributed by atoms with van der Waals surface area (Å²) in [5, 5.41) is 0.517. The molecule has 0 fully saturated rings. The van der Waals surface area contributed by atoms with Gasteiger partial charge in [0.25, 0.3) is 0 Å². The van der Waals surface area contributed by atoms with Gasteiger partial charge in [0, 0.05) is 4.48 Å². The molecule has 0 aromatic heterocycles. The summed E-state index contributed by atoms with van der Waals surface area (Å²) in [5.41, 5.74) is 7.01. The quantitative estimate of drug-likeness (QED) is 0.614. The van der Waals surface area contributed by atoms with Gasteiger partial charge >= 0.3 is 0 Å². The lowest BCUT2D eigenvalue weighted by atomic mass is 9.92. The predicted molar refractivity (Wildman–Crippen MR) is 75.6 cm³/mol. The molecule has 0 saturated carbocycles. The van der Waals surface area contributed by atoms with Crippen molar-refractivity contribution in [3.05, 3.63) is 55.5 Å². The molecule has 1 unspecified atom stereocenters. The van der Waals surface area contributed by atoms with E-state index in [0.717, 1.165) is 0 Å². The van der Waals surface area contributed by atoms with Gasteiger partial charge in [0.05, 0.1) is 5.25 Å². The molecule has 2 heteroatoms. The van der Waals surface area contributed by atoms with E-state index in [1.807, 2.05) is 11.8 Å². The van der Waals surface area contributed by atoms with Gasteiger partial charge in [-0.3, -0.25) is 0 Å². The molecule has 82 valence electrons.